The molecule has 1 aromatic carbocycles. The standard InChI is InChI=1S/C14H22N2O2S/c1-3-10-16(11-12-4-5-12)19(17,18)14-8-6-13(15-2)7-9-14/h6-9,12,15H,3-5,10-11H2,1-2H3. The Morgan fingerprint density at radius 3 is 2.37 bits per heavy atom. The van der Waals surface area contributed by atoms with Gasteiger partial charge in [-0.3, -0.25) is 0 Å². The number of hydrogen-bond donors (Lipinski definition) is 1. The number of nitrogens with one attached hydrogen (secondary N) is 1. The van der Waals surface area contributed by atoms with Crippen molar-refractivity contribution in [2.24, 2.45) is 5.92 Å². The summed E-state index contributed by atoms with van der Waals surface area (Å²) in [4.78, 5) is 0.389. The Labute approximate surface area is 115 Å². The van der Waals surface area contributed by atoms with Crippen LogP contribution in [0, 0.1) is 5.92 Å². The van der Waals surface area contributed by atoms with Crippen LogP contribution in [-0.4, -0.2) is 32.9 Å². The van der Waals surface area contributed by atoms with Gasteiger partial charge in [0, 0.05) is 25.8 Å². The summed E-state index contributed by atoms with van der Waals surface area (Å²) in [5, 5.41) is 2.99. The second-order valence-electron chi connectivity index (χ2n) is 5.08. The number of nitrogens with zero attached hydrogens (tertiary/aromatic N) is 1. The van der Waals surface area contributed by atoms with Crippen LogP contribution >= 0.6 is 0 Å². The maximum atomic E-state index is 12.6. The fourth-order valence-corrected chi connectivity index (χ4v) is 3.70. The van der Waals surface area contributed by atoms with E-state index < -0.39 is 10.0 Å². The summed E-state index contributed by atoms with van der Waals surface area (Å²) < 4.78 is 26.8. The Balaban J connectivity index is 2.20. The van der Waals surface area contributed by atoms with Crippen LogP contribution in [0.1, 0.15) is 26.2 Å². The lowest BCUT2D eigenvalue weighted by Gasteiger charge is -2.21. The van der Waals surface area contributed by atoms with Crippen molar-refractivity contribution in [3.63, 3.8) is 0 Å². The molecule has 0 radical (unpaired) electrons. The van der Waals surface area contributed by atoms with Crippen LogP contribution in [0.5, 0.6) is 0 Å². The fourth-order valence-electron chi connectivity index (χ4n) is 2.09. The van der Waals surface area contributed by atoms with Gasteiger partial charge in [0.25, 0.3) is 0 Å². The molecule has 0 aromatic heterocycles. The molecule has 1 aliphatic carbocycles. The van der Waals surface area contributed by atoms with Gasteiger partial charge in [0.15, 0.2) is 0 Å². The van der Waals surface area contributed by atoms with Gasteiger partial charge in [-0.1, -0.05) is 6.92 Å². The van der Waals surface area contributed by atoms with E-state index in [1.807, 2.05) is 14.0 Å². The molecule has 0 unspecified atom stereocenters. The molecular weight excluding hydrogens is 260 g/mol. The van der Waals surface area contributed by atoms with Crippen LogP contribution in [0.2, 0.25) is 0 Å². The van der Waals surface area contributed by atoms with E-state index in [2.05, 4.69) is 5.32 Å². The summed E-state index contributed by atoms with van der Waals surface area (Å²) >= 11 is 0. The van der Waals surface area contributed by atoms with Crippen LogP contribution in [0.15, 0.2) is 29.2 Å². The largest absolute Gasteiger partial charge is 0.388 e. The molecule has 19 heavy (non-hydrogen) atoms. The van der Waals surface area contributed by atoms with Gasteiger partial charge in [-0.2, -0.15) is 4.31 Å². The number of rotatable bonds is 7. The van der Waals surface area contributed by atoms with E-state index in [1.165, 1.54) is 0 Å². The zero-order valence-corrected chi connectivity index (χ0v) is 12.4. The summed E-state index contributed by atoms with van der Waals surface area (Å²) in [6.45, 7) is 3.29. The summed E-state index contributed by atoms with van der Waals surface area (Å²) in [5.41, 5.74) is 0.920. The van der Waals surface area contributed by atoms with Crippen LogP contribution in [0.3, 0.4) is 0 Å². The van der Waals surface area contributed by atoms with E-state index in [-0.39, 0.29) is 0 Å². The number of hydrogen-bond acceptors (Lipinski definition) is 3. The second kappa shape index (κ2) is 5.92. The summed E-state index contributed by atoms with van der Waals surface area (Å²) in [6, 6.07) is 6.95. The third-order valence-corrected chi connectivity index (χ3v) is 5.29. The summed E-state index contributed by atoms with van der Waals surface area (Å²) in [6.07, 6.45) is 3.17. The van der Waals surface area contributed by atoms with Crippen molar-refractivity contribution in [3.8, 4) is 0 Å². The van der Waals surface area contributed by atoms with Gasteiger partial charge in [-0.05, 0) is 49.4 Å². The fraction of sp³-hybridized carbons (Fsp3) is 0.571. The first-order chi connectivity index (χ1) is 9.07. The molecule has 0 aliphatic heterocycles. The average Bonchev–Trinajstić information content (AvgIpc) is 3.22. The smallest absolute Gasteiger partial charge is 0.243 e. The van der Waals surface area contributed by atoms with E-state index >= 15 is 0 Å². The van der Waals surface area contributed by atoms with Crippen LogP contribution in [-0.2, 0) is 10.0 Å². The molecule has 1 fully saturated rings. The van der Waals surface area contributed by atoms with E-state index in [0.717, 1.165) is 24.9 Å². The predicted molar refractivity (Wildman–Crippen MR) is 77.8 cm³/mol. The maximum absolute atomic E-state index is 12.6. The molecule has 1 aliphatic rings. The Kier molecular flexibility index (Phi) is 4.47. The molecule has 106 valence electrons. The van der Waals surface area contributed by atoms with Gasteiger partial charge >= 0.3 is 0 Å². The van der Waals surface area contributed by atoms with E-state index in [9.17, 15) is 8.42 Å². The SMILES string of the molecule is CCCN(CC1CC1)S(=O)(=O)c1ccc(NC)cc1. The van der Waals surface area contributed by atoms with Gasteiger partial charge < -0.3 is 5.32 Å². The monoisotopic (exact) mass is 282 g/mol. The number of sulfonamides is 1. The normalized spacial score (nSPS) is 15.7. The topological polar surface area (TPSA) is 49.4 Å². The van der Waals surface area contributed by atoms with Crippen molar-refractivity contribution in [3.05, 3.63) is 24.3 Å². The second-order valence-corrected chi connectivity index (χ2v) is 7.02. The minimum Gasteiger partial charge on any atom is -0.388 e. The quantitative estimate of drug-likeness (QED) is 0.836. The lowest BCUT2D eigenvalue weighted by atomic mass is 10.3. The first kappa shape index (κ1) is 14.3. The zero-order chi connectivity index (χ0) is 13.9. The van der Waals surface area contributed by atoms with Crippen molar-refractivity contribution in [1.82, 2.24) is 4.31 Å². The Morgan fingerprint density at radius 2 is 1.89 bits per heavy atom. The van der Waals surface area contributed by atoms with Crippen molar-refractivity contribution in [2.45, 2.75) is 31.1 Å². The average molecular weight is 282 g/mol. The minimum absolute atomic E-state index is 0.389. The van der Waals surface area contributed by atoms with E-state index in [1.54, 1.807) is 28.6 Å². The summed E-state index contributed by atoms with van der Waals surface area (Å²) in [5.74, 6) is 0.568. The zero-order valence-electron chi connectivity index (χ0n) is 11.6. The van der Waals surface area contributed by atoms with Gasteiger partial charge in [-0.25, -0.2) is 8.42 Å². The molecule has 2 rings (SSSR count). The highest BCUT2D eigenvalue weighted by Gasteiger charge is 2.31. The Hall–Kier alpha value is -1.07. The Bertz CT molecular complexity index is 507. The van der Waals surface area contributed by atoms with Crippen molar-refractivity contribution in [1.29, 1.82) is 0 Å². The molecule has 0 atom stereocenters. The van der Waals surface area contributed by atoms with Gasteiger partial charge in [0.2, 0.25) is 10.0 Å². The predicted octanol–water partition coefficient (Wildman–Crippen LogP) is 2.54. The van der Waals surface area contributed by atoms with E-state index in [4.69, 9.17) is 0 Å². The molecule has 1 aromatic rings. The minimum atomic E-state index is -3.34. The van der Waals surface area contributed by atoms with Crippen LogP contribution in [0.4, 0.5) is 5.69 Å². The van der Waals surface area contributed by atoms with Crippen molar-refractivity contribution < 1.29 is 8.42 Å². The highest BCUT2D eigenvalue weighted by Crippen LogP contribution is 2.31. The molecule has 0 heterocycles. The van der Waals surface area contributed by atoms with Crippen molar-refractivity contribution >= 4 is 15.7 Å². The van der Waals surface area contributed by atoms with Crippen LogP contribution in [0.25, 0.3) is 0 Å². The third kappa shape index (κ3) is 3.48. The van der Waals surface area contributed by atoms with Crippen molar-refractivity contribution in [2.75, 3.05) is 25.5 Å². The van der Waals surface area contributed by atoms with Gasteiger partial charge in [0.1, 0.15) is 0 Å². The number of benzene rings is 1. The summed E-state index contributed by atoms with van der Waals surface area (Å²) in [7, 11) is -1.52. The molecular formula is C14H22N2O2S. The molecule has 0 saturated heterocycles. The van der Waals surface area contributed by atoms with Gasteiger partial charge in [-0.15, -0.1) is 0 Å². The first-order valence-corrected chi connectivity index (χ1v) is 8.30. The maximum Gasteiger partial charge on any atom is 0.243 e. The molecule has 0 amide bonds. The highest BCUT2D eigenvalue weighted by molar-refractivity contribution is 7.89. The van der Waals surface area contributed by atoms with Crippen LogP contribution < -0.4 is 5.32 Å². The third-order valence-electron chi connectivity index (χ3n) is 3.41. The lowest BCUT2D eigenvalue weighted by molar-refractivity contribution is 0.395. The number of anilines is 1. The lowest BCUT2D eigenvalue weighted by Crippen LogP contribution is -2.33. The Morgan fingerprint density at radius 1 is 1.26 bits per heavy atom. The molecule has 5 heteroatoms. The molecule has 0 bridgehead atoms. The van der Waals surface area contributed by atoms with E-state index in [0.29, 0.717) is 23.9 Å². The molecule has 0 spiro atoms. The molecule has 1 N–H and O–H groups in total. The molecule has 1 saturated carbocycles. The van der Waals surface area contributed by atoms with Gasteiger partial charge in [0.05, 0.1) is 4.90 Å². The highest BCUT2D eigenvalue weighted by atomic mass is 32.2. The molecule has 4 nitrogen and oxygen atoms in total. The first-order valence-electron chi connectivity index (χ1n) is 6.86.